The summed E-state index contributed by atoms with van der Waals surface area (Å²) in [5, 5.41) is 5.00. The van der Waals surface area contributed by atoms with E-state index in [2.05, 4.69) is 101 Å². The second-order valence-corrected chi connectivity index (χ2v) is 9.19. The summed E-state index contributed by atoms with van der Waals surface area (Å²) < 4.78 is 4.69. The van der Waals surface area contributed by atoms with Gasteiger partial charge in [0.25, 0.3) is 0 Å². The Bertz CT molecular complexity index is 1920. The highest BCUT2D eigenvalue weighted by Crippen LogP contribution is 2.42. The Labute approximate surface area is 202 Å². The summed E-state index contributed by atoms with van der Waals surface area (Å²) in [4.78, 5) is 0. The van der Waals surface area contributed by atoms with Crippen molar-refractivity contribution in [1.82, 2.24) is 9.13 Å². The number of aryl methyl sites for hydroxylation is 1. The van der Waals surface area contributed by atoms with Crippen LogP contribution in [0, 0.1) is 6.92 Å². The molecule has 0 saturated heterocycles. The molecular formula is C31H24N4. The lowest BCUT2D eigenvalue weighted by Gasteiger charge is -2.11. The number of nitrogen functional groups attached to an aromatic ring is 2. The van der Waals surface area contributed by atoms with Crippen molar-refractivity contribution in [2.45, 2.75) is 6.92 Å². The molecule has 7 aromatic rings. The third-order valence-electron chi connectivity index (χ3n) is 7.13. The lowest BCUT2D eigenvalue weighted by molar-refractivity contribution is 1.17. The number of nitrogens with two attached hydrogens (primary N) is 2. The summed E-state index contributed by atoms with van der Waals surface area (Å²) in [5.41, 5.74) is 21.7. The number of rotatable bonds is 2. The normalized spacial score (nSPS) is 11.8. The molecule has 0 saturated carbocycles. The van der Waals surface area contributed by atoms with Gasteiger partial charge in [-0.15, -0.1) is 0 Å². The van der Waals surface area contributed by atoms with Crippen molar-refractivity contribution in [3.63, 3.8) is 0 Å². The van der Waals surface area contributed by atoms with Gasteiger partial charge in [0.1, 0.15) is 0 Å². The zero-order valence-electron chi connectivity index (χ0n) is 19.4. The van der Waals surface area contributed by atoms with Crippen molar-refractivity contribution in [3.8, 4) is 11.4 Å². The van der Waals surface area contributed by atoms with Crippen LogP contribution in [0.1, 0.15) is 5.56 Å². The van der Waals surface area contributed by atoms with Crippen molar-refractivity contribution < 1.29 is 0 Å². The van der Waals surface area contributed by atoms with E-state index in [9.17, 15) is 0 Å². The fourth-order valence-corrected chi connectivity index (χ4v) is 5.50. The number of nitrogens with zero attached hydrogens (tertiary/aromatic N) is 2. The second kappa shape index (κ2) is 7.15. The van der Waals surface area contributed by atoms with Gasteiger partial charge in [0.15, 0.2) is 0 Å². The van der Waals surface area contributed by atoms with Crippen LogP contribution < -0.4 is 11.5 Å². The van der Waals surface area contributed by atoms with E-state index >= 15 is 0 Å². The zero-order valence-corrected chi connectivity index (χ0v) is 19.4. The van der Waals surface area contributed by atoms with Crippen LogP contribution in [0.2, 0.25) is 0 Å². The zero-order chi connectivity index (χ0) is 23.7. The number of para-hydroxylation sites is 2. The standard InChI is InChI=1S/C31H24N4/c1-19-18-22(14-15-25(19)33)35-27-9-5-3-7-24(27)31-29(35)17-16-28-30(31)23-6-2-4-8-26(23)34(28)21-12-10-20(32)11-13-21/h2-18H,32-33H2,1H3. The summed E-state index contributed by atoms with van der Waals surface area (Å²) in [7, 11) is 0. The average Bonchev–Trinajstić information content (AvgIpc) is 3.39. The fourth-order valence-electron chi connectivity index (χ4n) is 5.50. The molecule has 0 bridgehead atoms. The van der Waals surface area contributed by atoms with Gasteiger partial charge >= 0.3 is 0 Å². The number of anilines is 2. The summed E-state index contributed by atoms with van der Waals surface area (Å²) in [6.07, 6.45) is 0. The Morgan fingerprint density at radius 1 is 0.514 bits per heavy atom. The number of aromatic nitrogens is 2. The summed E-state index contributed by atoms with van der Waals surface area (Å²) in [6, 6.07) is 36.2. The van der Waals surface area contributed by atoms with E-state index in [0.29, 0.717) is 0 Å². The van der Waals surface area contributed by atoms with Gasteiger partial charge in [0.05, 0.1) is 22.1 Å². The van der Waals surface area contributed by atoms with Gasteiger partial charge in [-0.25, -0.2) is 0 Å². The van der Waals surface area contributed by atoms with Crippen molar-refractivity contribution in [2.24, 2.45) is 0 Å². The van der Waals surface area contributed by atoms with Crippen LogP contribution in [0.5, 0.6) is 0 Å². The first-order valence-corrected chi connectivity index (χ1v) is 11.8. The van der Waals surface area contributed by atoms with Crippen LogP contribution in [-0.4, -0.2) is 9.13 Å². The van der Waals surface area contributed by atoms with Crippen LogP contribution in [0.15, 0.2) is 103 Å². The number of hydrogen-bond donors (Lipinski definition) is 2. The Hall–Kier alpha value is -4.70. The minimum atomic E-state index is 0.763. The van der Waals surface area contributed by atoms with E-state index < -0.39 is 0 Å². The Kier molecular flexibility index (Phi) is 4.03. The molecule has 0 spiro atoms. The minimum Gasteiger partial charge on any atom is -0.399 e. The second-order valence-electron chi connectivity index (χ2n) is 9.19. The van der Waals surface area contributed by atoms with Crippen LogP contribution in [0.4, 0.5) is 11.4 Å². The van der Waals surface area contributed by atoms with E-state index in [1.165, 1.54) is 43.6 Å². The maximum absolute atomic E-state index is 6.15. The molecule has 2 aromatic heterocycles. The van der Waals surface area contributed by atoms with Crippen LogP contribution in [0.25, 0.3) is 55.0 Å². The molecule has 5 aromatic carbocycles. The maximum Gasteiger partial charge on any atom is 0.0548 e. The first-order valence-electron chi connectivity index (χ1n) is 11.8. The molecule has 0 unspecified atom stereocenters. The van der Waals surface area contributed by atoms with E-state index in [1.807, 2.05) is 18.2 Å². The van der Waals surface area contributed by atoms with Gasteiger partial charge in [0.2, 0.25) is 0 Å². The Morgan fingerprint density at radius 3 is 1.60 bits per heavy atom. The monoisotopic (exact) mass is 452 g/mol. The molecule has 0 radical (unpaired) electrons. The molecule has 4 heteroatoms. The van der Waals surface area contributed by atoms with Gasteiger partial charge in [-0.2, -0.15) is 0 Å². The quantitative estimate of drug-likeness (QED) is 0.269. The maximum atomic E-state index is 6.15. The summed E-state index contributed by atoms with van der Waals surface area (Å²) in [5.74, 6) is 0. The van der Waals surface area contributed by atoms with Crippen LogP contribution in [0.3, 0.4) is 0 Å². The van der Waals surface area contributed by atoms with Crippen molar-refractivity contribution >= 4 is 55.0 Å². The van der Waals surface area contributed by atoms with E-state index in [0.717, 1.165) is 28.3 Å². The van der Waals surface area contributed by atoms with Crippen molar-refractivity contribution in [3.05, 3.63) is 109 Å². The highest BCUT2D eigenvalue weighted by atomic mass is 15.0. The predicted octanol–water partition coefficient (Wildman–Crippen LogP) is 7.35. The van der Waals surface area contributed by atoms with Gasteiger partial charge in [-0.1, -0.05) is 36.4 Å². The molecule has 4 nitrogen and oxygen atoms in total. The van der Waals surface area contributed by atoms with Crippen molar-refractivity contribution in [2.75, 3.05) is 11.5 Å². The lowest BCUT2D eigenvalue weighted by atomic mass is 10.1. The third-order valence-corrected chi connectivity index (χ3v) is 7.13. The highest BCUT2D eigenvalue weighted by molar-refractivity contribution is 6.28. The van der Waals surface area contributed by atoms with Gasteiger partial charge in [-0.3, -0.25) is 0 Å². The Morgan fingerprint density at radius 2 is 1.03 bits per heavy atom. The molecule has 0 amide bonds. The fraction of sp³-hybridized carbons (Fsp3) is 0.0323. The summed E-state index contributed by atoms with van der Waals surface area (Å²) >= 11 is 0. The van der Waals surface area contributed by atoms with E-state index in [1.54, 1.807) is 0 Å². The van der Waals surface area contributed by atoms with E-state index in [-0.39, 0.29) is 0 Å². The number of fused-ring (bicyclic) bond motifs is 7. The van der Waals surface area contributed by atoms with E-state index in [4.69, 9.17) is 11.5 Å². The molecule has 0 aliphatic rings. The van der Waals surface area contributed by atoms with Gasteiger partial charge in [-0.05, 0) is 79.2 Å². The van der Waals surface area contributed by atoms with Crippen molar-refractivity contribution in [1.29, 1.82) is 0 Å². The van der Waals surface area contributed by atoms with Crippen LogP contribution in [-0.2, 0) is 0 Å². The number of hydrogen-bond acceptors (Lipinski definition) is 2. The molecule has 168 valence electrons. The molecule has 7 rings (SSSR count). The average molecular weight is 453 g/mol. The summed E-state index contributed by atoms with van der Waals surface area (Å²) in [6.45, 7) is 2.06. The smallest absolute Gasteiger partial charge is 0.0548 e. The van der Waals surface area contributed by atoms with Gasteiger partial charge < -0.3 is 20.6 Å². The third kappa shape index (κ3) is 2.74. The molecule has 0 aliphatic carbocycles. The molecule has 0 aliphatic heterocycles. The van der Waals surface area contributed by atoms with Gasteiger partial charge in [0, 0.05) is 44.3 Å². The molecule has 0 atom stereocenters. The predicted molar refractivity (Wildman–Crippen MR) is 149 cm³/mol. The SMILES string of the molecule is Cc1cc(-n2c3ccccc3c3c4c5ccccc5n(-c5ccc(N)cc5)c4ccc32)ccc1N. The molecule has 0 fully saturated rings. The number of benzene rings is 5. The molecule has 35 heavy (non-hydrogen) atoms. The Balaban J connectivity index is 1.69. The first kappa shape index (κ1) is 19.7. The largest absolute Gasteiger partial charge is 0.399 e. The topological polar surface area (TPSA) is 61.9 Å². The minimum absolute atomic E-state index is 0.763. The van der Waals surface area contributed by atoms with Crippen LogP contribution >= 0.6 is 0 Å². The lowest BCUT2D eigenvalue weighted by Crippen LogP contribution is -1.97. The first-order chi connectivity index (χ1) is 17.1. The molecule has 4 N–H and O–H groups in total. The highest BCUT2D eigenvalue weighted by Gasteiger charge is 2.20. The molecule has 2 heterocycles. The molecular weight excluding hydrogens is 428 g/mol.